The van der Waals surface area contributed by atoms with Crippen LogP contribution in [0.3, 0.4) is 0 Å². The Balaban J connectivity index is 0.00000160. The summed E-state index contributed by atoms with van der Waals surface area (Å²) in [5.74, 6) is 1.47. The molecule has 0 N–H and O–H groups in total. The van der Waals surface area contributed by atoms with Gasteiger partial charge in [-0.3, -0.25) is 9.78 Å². The van der Waals surface area contributed by atoms with Gasteiger partial charge in [-0.15, -0.1) is 0 Å². The van der Waals surface area contributed by atoms with Gasteiger partial charge in [-0.1, -0.05) is 36.8 Å². The number of rotatable bonds is 6. The minimum Gasteiger partial charge on any atom is -0.300 e. The number of hydrogen-bond acceptors (Lipinski definition) is 2. The van der Waals surface area contributed by atoms with Crippen LogP contribution in [0.4, 0.5) is 0 Å². The Morgan fingerprint density at radius 1 is 1.18 bits per heavy atom. The van der Waals surface area contributed by atoms with Crippen molar-refractivity contribution in [3.05, 3.63) is 70.0 Å². The van der Waals surface area contributed by atoms with E-state index >= 15 is 0 Å². The highest BCUT2D eigenvalue weighted by Crippen LogP contribution is 2.40. The molecule has 2 nitrogen and oxygen atoms in total. The van der Waals surface area contributed by atoms with Gasteiger partial charge < -0.3 is 0 Å². The number of nitrogens with zero attached hydrogens (tertiary/aromatic N) is 1. The third-order valence-corrected chi connectivity index (χ3v) is 6.72. The van der Waals surface area contributed by atoms with Gasteiger partial charge in [-0.05, 0) is 85.8 Å². The summed E-state index contributed by atoms with van der Waals surface area (Å²) in [6.07, 6.45) is 14.5. The summed E-state index contributed by atoms with van der Waals surface area (Å²) in [6.45, 7) is 4.30. The third kappa shape index (κ3) is 4.11. The molecule has 2 aliphatic rings. The lowest BCUT2D eigenvalue weighted by atomic mass is 9.76. The van der Waals surface area contributed by atoms with Crippen LogP contribution in [0.15, 0.2) is 36.5 Å². The van der Waals surface area contributed by atoms with Crippen LogP contribution in [-0.4, -0.2) is 10.8 Å². The zero-order chi connectivity index (χ0) is 19.5. The highest BCUT2D eigenvalue weighted by Gasteiger charge is 2.28. The van der Waals surface area contributed by atoms with Crippen molar-refractivity contribution in [3.63, 3.8) is 0 Å². The van der Waals surface area contributed by atoms with Crippen LogP contribution >= 0.6 is 0 Å². The molecule has 1 fully saturated rings. The summed E-state index contributed by atoms with van der Waals surface area (Å²) < 4.78 is 0. The smallest absolute Gasteiger partial charge is 0.133 e. The van der Waals surface area contributed by atoms with Gasteiger partial charge in [0.25, 0.3) is 0 Å². The molecule has 1 saturated carbocycles. The van der Waals surface area contributed by atoms with Gasteiger partial charge in [-0.25, -0.2) is 0 Å². The van der Waals surface area contributed by atoms with Crippen LogP contribution in [0.25, 0.3) is 6.08 Å². The first-order valence-electron chi connectivity index (χ1n) is 10.8. The van der Waals surface area contributed by atoms with Gasteiger partial charge in [0, 0.05) is 29.2 Å². The monoisotopic (exact) mass is 379 g/mol. The highest BCUT2D eigenvalue weighted by atomic mass is 16.1. The largest absolute Gasteiger partial charge is 0.300 e. The average molecular weight is 380 g/mol. The van der Waals surface area contributed by atoms with E-state index in [4.69, 9.17) is 4.98 Å². The Morgan fingerprint density at radius 2 is 2.00 bits per heavy atom. The number of aromatic nitrogens is 1. The molecule has 152 valence electrons. The van der Waals surface area contributed by atoms with Gasteiger partial charge in [0.15, 0.2) is 0 Å². The number of pyridine rings is 1. The lowest BCUT2D eigenvalue weighted by Crippen LogP contribution is -2.19. The normalized spacial score (nSPS) is 20.9. The number of benzene rings is 1. The van der Waals surface area contributed by atoms with Crippen LogP contribution in [0.5, 0.6) is 0 Å². The number of Topliss-reactive ketones (excluding diaryl/α,β-unsaturated/α-hetero) is 1. The Kier molecular flexibility index (Phi) is 5.75. The molecule has 2 heteroatoms. The van der Waals surface area contributed by atoms with Crippen molar-refractivity contribution >= 4 is 11.9 Å². The first kappa shape index (κ1) is 19.1. The highest BCUT2D eigenvalue weighted by molar-refractivity contribution is 5.79. The van der Waals surface area contributed by atoms with E-state index in [1.807, 2.05) is 6.20 Å². The molecular weight excluding hydrogens is 342 g/mol. The summed E-state index contributed by atoms with van der Waals surface area (Å²) >= 11 is 0. The predicted octanol–water partition coefficient (Wildman–Crippen LogP) is 6.87. The summed E-state index contributed by atoms with van der Waals surface area (Å²) in [6, 6.07) is 8.55. The minimum absolute atomic E-state index is 0. The van der Waals surface area contributed by atoms with Crippen LogP contribution < -0.4 is 0 Å². The zero-order valence-electron chi connectivity index (χ0n) is 17.2. The number of fused-ring (bicyclic) bond motifs is 1. The van der Waals surface area contributed by atoms with Crippen LogP contribution in [0, 0.1) is 19.8 Å². The number of hydrogen-bond donors (Lipinski definition) is 0. The van der Waals surface area contributed by atoms with Gasteiger partial charge in [-0.2, -0.15) is 0 Å². The summed E-state index contributed by atoms with van der Waals surface area (Å²) in [4.78, 5) is 17.5. The van der Waals surface area contributed by atoms with Crippen molar-refractivity contribution in [1.82, 2.24) is 4.98 Å². The maximum Gasteiger partial charge on any atom is 0.133 e. The second-order valence-electron chi connectivity index (χ2n) is 8.72. The maximum absolute atomic E-state index is 12.7. The standard InChI is InChI=1S/C26H31NO.3H2/c1-18-6-3-7-19(2)24(18)13-12-23(28)17-20-8-4-10-22(16-20)26-25-11-5-9-21(25)14-15-27-26;;;/h3,5-7,11,14-15,20,22H,4,8-10,12-13,16-17H2,1-2H3;3*1H/t20-,22?;;;/m1.../s1. The van der Waals surface area contributed by atoms with E-state index < -0.39 is 0 Å². The quantitative estimate of drug-likeness (QED) is 0.548. The van der Waals surface area contributed by atoms with Crippen LogP contribution in [-0.2, 0) is 17.6 Å². The molecule has 0 bridgehead atoms. The van der Waals surface area contributed by atoms with E-state index in [1.165, 1.54) is 52.8 Å². The van der Waals surface area contributed by atoms with E-state index in [1.54, 1.807) is 0 Å². The first-order chi connectivity index (χ1) is 13.6. The lowest BCUT2D eigenvalue weighted by molar-refractivity contribution is -0.120. The van der Waals surface area contributed by atoms with E-state index in [2.05, 4.69) is 50.3 Å². The van der Waals surface area contributed by atoms with Crippen molar-refractivity contribution in [3.8, 4) is 0 Å². The SMILES string of the molecule is Cc1cccc(C)c1CCC(=O)C[C@@H]1CCCC(c2nccc3c2C=CC3)C1.[HH].[HH].[HH]. The van der Waals surface area contributed by atoms with Gasteiger partial charge in [0.05, 0.1) is 5.69 Å². The number of aryl methyl sites for hydroxylation is 2. The third-order valence-electron chi connectivity index (χ3n) is 6.72. The lowest BCUT2D eigenvalue weighted by Gasteiger charge is -2.29. The molecule has 1 aromatic carbocycles. The number of allylic oxidation sites excluding steroid dienone is 1. The average Bonchev–Trinajstić information content (AvgIpc) is 3.16. The van der Waals surface area contributed by atoms with Crippen molar-refractivity contribution in [1.29, 1.82) is 0 Å². The van der Waals surface area contributed by atoms with Crippen molar-refractivity contribution < 1.29 is 9.07 Å². The topological polar surface area (TPSA) is 30.0 Å². The Bertz CT molecular complexity index is 889. The second kappa shape index (κ2) is 8.43. The fraction of sp³-hybridized carbons (Fsp3) is 0.462. The Morgan fingerprint density at radius 3 is 2.82 bits per heavy atom. The fourth-order valence-corrected chi connectivity index (χ4v) is 5.19. The van der Waals surface area contributed by atoms with Crippen molar-refractivity contribution in [2.45, 2.75) is 71.1 Å². The maximum atomic E-state index is 12.7. The molecule has 1 unspecified atom stereocenters. The summed E-state index contributed by atoms with van der Waals surface area (Å²) in [7, 11) is 0. The molecule has 28 heavy (non-hydrogen) atoms. The van der Waals surface area contributed by atoms with E-state index in [0.717, 1.165) is 25.7 Å². The van der Waals surface area contributed by atoms with Crippen LogP contribution in [0.1, 0.15) is 82.2 Å². The Labute approximate surface area is 173 Å². The predicted molar refractivity (Wildman–Crippen MR) is 122 cm³/mol. The molecule has 0 saturated heterocycles. The molecule has 0 aliphatic heterocycles. The van der Waals surface area contributed by atoms with Gasteiger partial charge >= 0.3 is 0 Å². The molecule has 0 radical (unpaired) electrons. The zero-order valence-corrected chi connectivity index (χ0v) is 17.2. The second-order valence-corrected chi connectivity index (χ2v) is 8.72. The number of ketones is 1. The molecule has 2 aliphatic carbocycles. The van der Waals surface area contributed by atoms with E-state index in [9.17, 15) is 4.79 Å². The molecule has 1 aromatic heterocycles. The van der Waals surface area contributed by atoms with Crippen molar-refractivity contribution in [2.24, 2.45) is 5.92 Å². The molecule has 0 amide bonds. The van der Waals surface area contributed by atoms with E-state index in [-0.39, 0.29) is 4.28 Å². The summed E-state index contributed by atoms with van der Waals surface area (Å²) in [5.41, 5.74) is 8.02. The molecule has 2 aromatic rings. The first-order valence-corrected chi connectivity index (χ1v) is 10.8. The molecule has 1 heterocycles. The minimum atomic E-state index is 0. The molecule has 4 rings (SSSR count). The fourth-order valence-electron chi connectivity index (χ4n) is 5.19. The van der Waals surface area contributed by atoms with E-state index in [0.29, 0.717) is 24.0 Å². The van der Waals surface area contributed by atoms with Crippen molar-refractivity contribution in [2.75, 3.05) is 0 Å². The molecular formula is C26H37NO. The molecule has 0 spiro atoms. The van der Waals surface area contributed by atoms with Gasteiger partial charge in [0.1, 0.15) is 5.78 Å². The summed E-state index contributed by atoms with van der Waals surface area (Å²) in [5, 5.41) is 0. The van der Waals surface area contributed by atoms with Gasteiger partial charge in [0.2, 0.25) is 0 Å². The van der Waals surface area contributed by atoms with Crippen LogP contribution in [0.2, 0.25) is 0 Å². The number of carbonyl (C=O) groups is 1. The molecule has 2 atom stereocenters. The Hall–Kier alpha value is -2.22. The number of carbonyl (C=O) groups excluding carboxylic acids is 1.